The summed E-state index contributed by atoms with van der Waals surface area (Å²) in [4.78, 5) is 2.63. The van der Waals surface area contributed by atoms with Crippen molar-refractivity contribution in [1.29, 1.82) is 0 Å². The Bertz CT molecular complexity index is 197. The minimum absolute atomic E-state index is 0.688. The molecule has 1 aliphatic rings. The molecule has 114 valence electrons. The van der Waals surface area contributed by atoms with Crippen LogP contribution in [0, 0.1) is 5.92 Å². The minimum atomic E-state index is 0.688. The number of nitrogens with zero attached hydrogens (tertiary/aromatic N) is 1. The monoisotopic (exact) mass is 268 g/mol. The van der Waals surface area contributed by atoms with Crippen molar-refractivity contribution < 1.29 is 0 Å². The van der Waals surface area contributed by atoms with Crippen LogP contribution < -0.4 is 5.32 Å². The maximum absolute atomic E-state index is 3.69. The van der Waals surface area contributed by atoms with Crippen molar-refractivity contribution >= 4 is 0 Å². The smallest absolute Gasteiger partial charge is 0.0110 e. The fourth-order valence-electron chi connectivity index (χ4n) is 3.11. The van der Waals surface area contributed by atoms with Gasteiger partial charge in [-0.2, -0.15) is 0 Å². The van der Waals surface area contributed by atoms with Gasteiger partial charge in [-0.05, 0) is 52.1 Å². The van der Waals surface area contributed by atoms with E-state index in [0.29, 0.717) is 6.04 Å². The number of hydrogen-bond acceptors (Lipinski definition) is 2. The minimum Gasteiger partial charge on any atom is -0.315 e. The third kappa shape index (κ3) is 7.94. The van der Waals surface area contributed by atoms with Crippen LogP contribution in [0.2, 0.25) is 0 Å². The van der Waals surface area contributed by atoms with Gasteiger partial charge in [0.05, 0.1) is 0 Å². The zero-order valence-corrected chi connectivity index (χ0v) is 13.6. The average molecular weight is 268 g/mol. The highest BCUT2D eigenvalue weighted by Crippen LogP contribution is 2.22. The van der Waals surface area contributed by atoms with Crippen LogP contribution in [0.15, 0.2) is 0 Å². The maximum atomic E-state index is 3.69. The van der Waals surface area contributed by atoms with E-state index in [1.54, 1.807) is 0 Å². The molecule has 1 aliphatic carbocycles. The van der Waals surface area contributed by atoms with Crippen LogP contribution >= 0.6 is 0 Å². The first-order chi connectivity index (χ1) is 9.24. The number of rotatable bonds is 10. The normalized spacial score (nSPS) is 17.5. The second kappa shape index (κ2) is 10.7. The summed E-state index contributed by atoms with van der Waals surface area (Å²) in [5.74, 6) is 0.960. The van der Waals surface area contributed by atoms with Crippen LogP contribution in [0.3, 0.4) is 0 Å². The SMILES string of the molecule is CCCCCN(CCNCC1CCCCC1)C(C)C. The van der Waals surface area contributed by atoms with Gasteiger partial charge in [0.25, 0.3) is 0 Å². The van der Waals surface area contributed by atoms with Gasteiger partial charge in [0.2, 0.25) is 0 Å². The average Bonchev–Trinajstić information content (AvgIpc) is 2.42. The molecular weight excluding hydrogens is 232 g/mol. The highest BCUT2D eigenvalue weighted by atomic mass is 15.2. The molecule has 0 atom stereocenters. The lowest BCUT2D eigenvalue weighted by Gasteiger charge is -2.27. The van der Waals surface area contributed by atoms with Crippen molar-refractivity contribution in [1.82, 2.24) is 10.2 Å². The standard InChI is InChI=1S/C17H36N2/c1-4-5-9-13-19(16(2)3)14-12-18-15-17-10-7-6-8-11-17/h16-18H,4-15H2,1-3H3. The van der Waals surface area contributed by atoms with Gasteiger partial charge in [-0.3, -0.25) is 4.90 Å². The van der Waals surface area contributed by atoms with E-state index < -0.39 is 0 Å². The molecule has 0 aliphatic heterocycles. The molecule has 2 heteroatoms. The lowest BCUT2D eigenvalue weighted by Crippen LogP contribution is -2.38. The maximum Gasteiger partial charge on any atom is 0.0110 e. The molecular formula is C17H36N2. The quantitative estimate of drug-likeness (QED) is 0.601. The van der Waals surface area contributed by atoms with Crippen LogP contribution in [0.1, 0.15) is 72.1 Å². The Balaban J connectivity index is 2.06. The van der Waals surface area contributed by atoms with Gasteiger partial charge >= 0.3 is 0 Å². The Morgan fingerprint density at radius 3 is 2.42 bits per heavy atom. The molecule has 0 saturated heterocycles. The molecule has 2 nitrogen and oxygen atoms in total. The van der Waals surface area contributed by atoms with Crippen molar-refractivity contribution in [2.45, 2.75) is 78.2 Å². The highest BCUT2D eigenvalue weighted by molar-refractivity contribution is 4.69. The van der Waals surface area contributed by atoms with Crippen molar-refractivity contribution in [3.63, 3.8) is 0 Å². The Morgan fingerprint density at radius 1 is 1.05 bits per heavy atom. The molecule has 1 saturated carbocycles. The van der Waals surface area contributed by atoms with Crippen LogP contribution in [-0.2, 0) is 0 Å². The molecule has 0 spiro atoms. The summed E-state index contributed by atoms with van der Waals surface area (Å²) >= 11 is 0. The lowest BCUT2D eigenvalue weighted by atomic mass is 9.89. The molecule has 0 aromatic carbocycles. The number of nitrogens with one attached hydrogen (secondary N) is 1. The van der Waals surface area contributed by atoms with E-state index in [1.807, 2.05) is 0 Å². The molecule has 0 radical (unpaired) electrons. The Hall–Kier alpha value is -0.0800. The van der Waals surface area contributed by atoms with Crippen LogP contribution in [-0.4, -0.2) is 37.1 Å². The van der Waals surface area contributed by atoms with Crippen LogP contribution in [0.4, 0.5) is 0 Å². The fraction of sp³-hybridized carbons (Fsp3) is 1.00. The summed E-state index contributed by atoms with van der Waals surface area (Å²) in [5.41, 5.74) is 0. The second-order valence-corrected chi connectivity index (χ2v) is 6.54. The van der Waals surface area contributed by atoms with E-state index in [1.165, 1.54) is 77.5 Å². The molecule has 19 heavy (non-hydrogen) atoms. The van der Waals surface area contributed by atoms with Gasteiger partial charge in [0, 0.05) is 19.1 Å². The largest absolute Gasteiger partial charge is 0.315 e. The zero-order valence-electron chi connectivity index (χ0n) is 13.6. The zero-order chi connectivity index (χ0) is 13.9. The molecule has 0 bridgehead atoms. The van der Waals surface area contributed by atoms with E-state index in [-0.39, 0.29) is 0 Å². The van der Waals surface area contributed by atoms with Gasteiger partial charge in [0.1, 0.15) is 0 Å². The van der Waals surface area contributed by atoms with Crippen LogP contribution in [0.25, 0.3) is 0 Å². The molecule has 0 amide bonds. The summed E-state index contributed by atoms with van der Waals surface area (Å²) < 4.78 is 0. The molecule has 1 fully saturated rings. The first-order valence-electron chi connectivity index (χ1n) is 8.68. The first-order valence-corrected chi connectivity index (χ1v) is 8.68. The molecule has 0 heterocycles. The molecule has 0 unspecified atom stereocenters. The number of unbranched alkanes of at least 4 members (excludes halogenated alkanes) is 2. The Kier molecular flexibility index (Phi) is 9.54. The van der Waals surface area contributed by atoms with Crippen molar-refractivity contribution in [3.05, 3.63) is 0 Å². The predicted octanol–water partition coefficient (Wildman–Crippen LogP) is 4.06. The van der Waals surface area contributed by atoms with E-state index in [9.17, 15) is 0 Å². The van der Waals surface area contributed by atoms with Crippen molar-refractivity contribution in [2.24, 2.45) is 5.92 Å². The van der Waals surface area contributed by atoms with Gasteiger partial charge in [-0.1, -0.05) is 39.0 Å². The Morgan fingerprint density at radius 2 is 1.79 bits per heavy atom. The second-order valence-electron chi connectivity index (χ2n) is 6.54. The summed E-state index contributed by atoms with van der Waals surface area (Å²) in [6.45, 7) is 11.8. The van der Waals surface area contributed by atoms with Gasteiger partial charge in [-0.15, -0.1) is 0 Å². The fourth-order valence-corrected chi connectivity index (χ4v) is 3.11. The molecule has 1 N–H and O–H groups in total. The summed E-state index contributed by atoms with van der Waals surface area (Å²) in [5, 5.41) is 3.69. The first kappa shape index (κ1) is 17.0. The van der Waals surface area contributed by atoms with Crippen molar-refractivity contribution in [2.75, 3.05) is 26.2 Å². The van der Waals surface area contributed by atoms with E-state index >= 15 is 0 Å². The Labute approximate surface area is 121 Å². The van der Waals surface area contributed by atoms with Crippen molar-refractivity contribution in [3.8, 4) is 0 Å². The van der Waals surface area contributed by atoms with Gasteiger partial charge in [0.15, 0.2) is 0 Å². The third-order valence-electron chi connectivity index (χ3n) is 4.51. The van der Waals surface area contributed by atoms with E-state index in [4.69, 9.17) is 0 Å². The van der Waals surface area contributed by atoms with Gasteiger partial charge < -0.3 is 5.32 Å². The summed E-state index contributed by atoms with van der Waals surface area (Å²) in [6, 6.07) is 0.688. The van der Waals surface area contributed by atoms with E-state index in [0.717, 1.165) is 5.92 Å². The van der Waals surface area contributed by atoms with E-state index in [2.05, 4.69) is 31.0 Å². The third-order valence-corrected chi connectivity index (χ3v) is 4.51. The lowest BCUT2D eigenvalue weighted by molar-refractivity contribution is 0.214. The molecule has 1 rings (SSSR count). The summed E-state index contributed by atoms with van der Waals surface area (Å²) in [6.07, 6.45) is 11.4. The number of hydrogen-bond donors (Lipinski definition) is 1. The van der Waals surface area contributed by atoms with Gasteiger partial charge in [-0.25, -0.2) is 0 Å². The molecule has 0 aromatic rings. The molecule has 0 aromatic heterocycles. The highest BCUT2D eigenvalue weighted by Gasteiger charge is 2.13. The van der Waals surface area contributed by atoms with Crippen LogP contribution in [0.5, 0.6) is 0 Å². The predicted molar refractivity (Wildman–Crippen MR) is 85.7 cm³/mol. The summed E-state index contributed by atoms with van der Waals surface area (Å²) in [7, 11) is 0. The topological polar surface area (TPSA) is 15.3 Å².